The Morgan fingerprint density at radius 3 is 2.95 bits per heavy atom. The van der Waals surface area contributed by atoms with Crippen molar-refractivity contribution in [3.05, 3.63) is 23.2 Å². The van der Waals surface area contributed by atoms with E-state index < -0.39 is 16.8 Å². The van der Waals surface area contributed by atoms with Crippen molar-refractivity contribution in [3.63, 3.8) is 0 Å². The van der Waals surface area contributed by atoms with E-state index in [1.165, 1.54) is 0 Å². The minimum absolute atomic E-state index is 0.0632. The fraction of sp³-hybridized carbons (Fsp3) is 0.333. The standard InChI is InChI=1S/C12H13ClN2O3S2/c1-20(18)5-4-15-10-6-8(13)2-3-9(10)14-12(15)19-7-11(16)17/h2-3,6H,4-5,7H2,1H3,(H,16,17). The second-order valence-electron chi connectivity index (χ2n) is 4.14. The highest BCUT2D eigenvalue weighted by atomic mass is 35.5. The van der Waals surface area contributed by atoms with E-state index in [1.54, 1.807) is 24.5 Å². The molecule has 1 N–H and O–H groups in total. The number of carbonyl (C=O) groups is 1. The molecule has 0 amide bonds. The van der Waals surface area contributed by atoms with Crippen LogP contribution in [0.5, 0.6) is 0 Å². The van der Waals surface area contributed by atoms with Crippen molar-refractivity contribution in [2.75, 3.05) is 17.8 Å². The van der Waals surface area contributed by atoms with E-state index in [4.69, 9.17) is 16.7 Å². The number of aromatic nitrogens is 2. The van der Waals surface area contributed by atoms with Gasteiger partial charge in [-0.25, -0.2) is 4.98 Å². The Morgan fingerprint density at radius 1 is 1.55 bits per heavy atom. The Kier molecular flexibility index (Phi) is 5.06. The second kappa shape index (κ2) is 6.60. The maximum absolute atomic E-state index is 11.3. The molecule has 0 saturated carbocycles. The fourth-order valence-electron chi connectivity index (χ4n) is 1.75. The van der Waals surface area contributed by atoms with Crippen molar-refractivity contribution in [1.29, 1.82) is 0 Å². The van der Waals surface area contributed by atoms with Gasteiger partial charge in [0, 0.05) is 34.4 Å². The molecule has 1 aromatic carbocycles. The number of aliphatic carboxylic acids is 1. The van der Waals surface area contributed by atoms with Gasteiger partial charge in [-0.3, -0.25) is 9.00 Å². The molecule has 0 spiro atoms. The largest absolute Gasteiger partial charge is 0.481 e. The van der Waals surface area contributed by atoms with E-state index in [-0.39, 0.29) is 5.75 Å². The molecular formula is C12H13ClN2O3S2. The van der Waals surface area contributed by atoms with Gasteiger partial charge < -0.3 is 9.67 Å². The number of aryl methyl sites for hydroxylation is 1. The lowest BCUT2D eigenvalue weighted by Crippen LogP contribution is -2.08. The number of fused-ring (bicyclic) bond motifs is 1. The van der Waals surface area contributed by atoms with E-state index in [9.17, 15) is 9.00 Å². The normalized spacial score (nSPS) is 12.7. The first-order valence-corrected chi connectivity index (χ1v) is 8.87. The minimum atomic E-state index is -0.927. The predicted octanol–water partition coefficient (Wildman–Crippen LogP) is 2.24. The average Bonchev–Trinajstić information content (AvgIpc) is 2.71. The monoisotopic (exact) mass is 332 g/mol. The summed E-state index contributed by atoms with van der Waals surface area (Å²) >= 11 is 7.14. The summed E-state index contributed by atoms with van der Waals surface area (Å²) in [4.78, 5) is 15.1. The first-order valence-electron chi connectivity index (χ1n) is 5.78. The first kappa shape index (κ1) is 15.3. The molecule has 0 fully saturated rings. The van der Waals surface area contributed by atoms with Crippen LogP contribution in [0.1, 0.15) is 0 Å². The van der Waals surface area contributed by atoms with Crippen LogP contribution in [0.25, 0.3) is 11.0 Å². The lowest BCUT2D eigenvalue weighted by Gasteiger charge is -2.07. The number of thioether (sulfide) groups is 1. The van der Waals surface area contributed by atoms with Crippen molar-refractivity contribution >= 4 is 51.2 Å². The van der Waals surface area contributed by atoms with Gasteiger partial charge in [0.25, 0.3) is 0 Å². The van der Waals surface area contributed by atoms with Crippen LogP contribution >= 0.6 is 23.4 Å². The molecule has 0 radical (unpaired) electrons. The van der Waals surface area contributed by atoms with Crippen LogP contribution in [-0.2, 0) is 22.1 Å². The van der Waals surface area contributed by atoms with Crippen LogP contribution in [0.4, 0.5) is 0 Å². The maximum Gasteiger partial charge on any atom is 0.313 e. The minimum Gasteiger partial charge on any atom is -0.481 e. The lowest BCUT2D eigenvalue weighted by atomic mass is 10.3. The first-order chi connectivity index (χ1) is 9.47. The Hall–Kier alpha value is -1.05. The van der Waals surface area contributed by atoms with Crippen LogP contribution in [0.2, 0.25) is 5.02 Å². The maximum atomic E-state index is 11.3. The Labute approximate surface area is 127 Å². The van der Waals surface area contributed by atoms with Gasteiger partial charge in [-0.15, -0.1) is 0 Å². The molecule has 0 saturated heterocycles. The fourth-order valence-corrected chi connectivity index (χ4v) is 3.11. The number of imidazole rings is 1. The van der Waals surface area contributed by atoms with Gasteiger partial charge in [-0.05, 0) is 18.2 Å². The van der Waals surface area contributed by atoms with Crippen LogP contribution in [0.3, 0.4) is 0 Å². The molecule has 20 heavy (non-hydrogen) atoms. The molecule has 2 aromatic rings. The molecule has 2 rings (SSSR count). The third-order valence-electron chi connectivity index (χ3n) is 2.60. The van der Waals surface area contributed by atoms with E-state index in [2.05, 4.69) is 4.98 Å². The smallest absolute Gasteiger partial charge is 0.313 e. The quantitative estimate of drug-likeness (QED) is 0.821. The van der Waals surface area contributed by atoms with Gasteiger partial charge >= 0.3 is 5.97 Å². The summed E-state index contributed by atoms with van der Waals surface area (Å²) in [7, 11) is -0.927. The molecule has 8 heteroatoms. The summed E-state index contributed by atoms with van der Waals surface area (Å²) in [5.41, 5.74) is 1.58. The molecule has 0 aliphatic rings. The van der Waals surface area contributed by atoms with Crippen molar-refractivity contribution in [2.45, 2.75) is 11.7 Å². The van der Waals surface area contributed by atoms with Gasteiger partial charge in [0.05, 0.1) is 16.8 Å². The number of carboxylic acid groups (broad SMARTS) is 1. The SMILES string of the molecule is CS(=O)CCn1c(SCC(=O)O)nc2ccc(Cl)cc21. The van der Waals surface area contributed by atoms with E-state index in [0.29, 0.717) is 22.5 Å². The van der Waals surface area contributed by atoms with Crippen molar-refractivity contribution in [2.24, 2.45) is 0 Å². The molecule has 0 aliphatic carbocycles. The van der Waals surface area contributed by atoms with Crippen molar-refractivity contribution < 1.29 is 14.1 Å². The predicted molar refractivity (Wildman–Crippen MR) is 82.0 cm³/mol. The summed E-state index contributed by atoms with van der Waals surface area (Å²) < 4.78 is 13.1. The van der Waals surface area contributed by atoms with Gasteiger partial charge in [0.2, 0.25) is 0 Å². The van der Waals surface area contributed by atoms with Crippen LogP contribution in [0.15, 0.2) is 23.4 Å². The molecule has 1 unspecified atom stereocenters. The highest BCUT2D eigenvalue weighted by Crippen LogP contribution is 2.26. The van der Waals surface area contributed by atoms with Gasteiger partial charge in [-0.2, -0.15) is 0 Å². The molecule has 1 aromatic heterocycles. The highest BCUT2D eigenvalue weighted by Gasteiger charge is 2.13. The molecule has 1 atom stereocenters. The summed E-state index contributed by atoms with van der Waals surface area (Å²) in [6, 6.07) is 5.32. The Balaban J connectivity index is 2.40. The second-order valence-corrected chi connectivity index (χ2v) is 7.07. The average molecular weight is 333 g/mol. The van der Waals surface area contributed by atoms with E-state index in [0.717, 1.165) is 22.8 Å². The number of nitrogens with zero attached hydrogens (tertiary/aromatic N) is 2. The van der Waals surface area contributed by atoms with Crippen molar-refractivity contribution in [3.8, 4) is 0 Å². The molecule has 0 bridgehead atoms. The van der Waals surface area contributed by atoms with Gasteiger partial charge in [0.15, 0.2) is 5.16 Å². The molecular weight excluding hydrogens is 320 g/mol. The third kappa shape index (κ3) is 3.74. The molecule has 108 valence electrons. The molecule has 0 aliphatic heterocycles. The topological polar surface area (TPSA) is 72.2 Å². The number of rotatable bonds is 6. The summed E-state index contributed by atoms with van der Waals surface area (Å²) in [5, 5.41) is 9.97. The summed E-state index contributed by atoms with van der Waals surface area (Å²) in [6.45, 7) is 0.516. The van der Waals surface area contributed by atoms with E-state index in [1.807, 2.05) is 4.57 Å². The molecule has 5 nitrogen and oxygen atoms in total. The zero-order valence-electron chi connectivity index (χ0n) is 10.7. The van der Waals surface area contributed by atoms with E-state index >= 15 is 0 Å². The highest BCUT2D eigenvalue weighted by molar-refractivity contribution is 7.99. The van der Waals surface area contributed by atoms with Gasteiger partial charge in [-0.1, -0.05) is 23.4 Å². The lowest BCUT2D eigenvalue weighted by molar-refractivity contribution is -0.133. The van der Waals surface area contributed by atoms with Crippen molar-refractivity contribution in [1.82, 2.24) is 9.55 Å². The van der Waals surface area contributed by atoms with Gasteiger partial charge in [0.1, 0.15) is 0 Å². The number of carboxylic acids is 1. The molecule has 1 heterocycles. The number of hydrogen-bond acceptors (Lipinski definition) is 4. The zero-order chi connectivity index (χ0) is 14.7. The number of benzene rings is 1. The summed E-state index contributed by atoms with van der Waals surface area (Å²) in [5.74, 6) is -0.476. The zero-order valence-corrected chi connectivity index (χ0v) is 13.1. The van der Waals surface area contributed by atoms with Crippen LogP contribution in [0, 0.1) is 0 Å². The Morgan fingerprint density at radius 2 is 2.30 bits per heavy atom. The Bertz CT molecular complexity index is 672. The number of halogens is 1. The number of hydrogen-bond donors (Lipinski definition) is 1. The third-order valence-corrected chi connectivity index (χ3v) is 4.56. The van der Waals surface area contributed by atoms with Crippen LogP contribution < -0.4 is 0 Å². The summed E-state index contributed by atoms with van der Waals surface area (Å²) in [6.07, 6.45) is 1.64. The van der Waals surface area contributed by atoms with Crippen LogP contribution in [-0.4, -0.2) is 42.6 Å².